The fourth-order valence-electron chi connectivity index (χ4n) is 3.00. The summed E-state index contributed by atoms with van der Waals surface area (Å²) in [5, 5.41) is 23.1. The second-order valence-corrected chi connectivity index (χ2v) is 5.81. The normalized spacial score (nSPS) is 20.7. The van der Waals surface area contributed by atoms with Crippen molar-refractivity contribution >= 4 is 17.6 Å². The Morgan fingerprint density at radius 2 is 2.00 bits per heavy atom. The Bertz CT molecular complexity index is 645. The molecule has 0 saturated heterocycles. The molecule has 1 aromatic rings. The van der Waals surface area contributed by atoms with Crippen LogP contribution in [0.2, 0.25) is 0 Å². The van der Waals surface area contributed by atoms with Crippen molar-refractivity contribution in [2.45, 2.75) is 38.1 Å². The first-order valence-electron chi connectivity index (χ1n) is 7.80. The van der Waals surface area contributed by atoms with Crippen molar-refractivity contribution in [2.75, 3.05) is 7.11 Å². The van der Waals surface area contributed by atoms with Gasteiger partial charge in [-0.25, -0.2) is 0 Å². The van der Waals surface area contributed by atoms with E-state index in [1.807, 2.05) is 0 Å². The van der Waals surface area contributed by atoms with Crippen LogP contribution in [0.1, 0.15) is 42.5 Å². The predicted octanol–water partition coefficient (Wildman–Crippen LogP) is 2.37. The molecule has 0 unspecified atom stereocenters. The van der Waals surface area contributed by atoms with E-state index in [0.29, 0.717) is 12.8 Å². The summed E-state index contributed by atoms with van der Waals surface area (Å²) in [5.74, 6) is -2.01. The van der Waals surface area contributed by atoms with Gasteiger partial charge in [0.25, 0.3) is 5.91 Å². The molecular formula is C16H20N2O6. The van der Waals surface area contributed by atoms with Gasteiger partial charge in [0.1, 0.15) is 0 Å². The van der Waals surface area contributed by atoms with E-state index in [1.54, 1.807) is 0 Å². The van der Waals surface area contributed by atoms with Gasteiger partial charge in [-0.1, -0.05) is 19.3 Å². The van der Waals surface area contributed by atoms with Crippen LogP contribution in [0.3, 0.4) is 0 Å². The molecule has 1 aliphatic carbocycles. The number of nitrogens with one attached hydrogen (secondary N) is 1. The molecular weight excluding hydrogens is 316 g/mol. The van der Waals surface area contributed by atoms with Crippen molar-refractivity contribution in [3.63, 3.8) is 0 Å². The van der Waals surface area contributed by atoms with Crippen LogP contribution < -0.4 is 10.1 Å². The zero-order valence-corrected chi connectivity index (χ0v) is 13.4. The highest BCUT2D eigenvalue weighted by Gasteiger charge is 2.31. The average Bonchev–Trinajstić information content (AvgIpc) is 2.79. The summed E-state index contributed by atoms with van der Waals surface area (Å²) >= 11 is 0. The van der Waals surface area contributed by atoms with Crippen LogP contribution >= 0.6 is 0 Å². The minimum Gasteiger partial charge on any atom is -0.490 e. The molecule has 0 aromatic heterocycles. The molecule has 1 amide bonds. The van der Waals surface area contributed by atoms with Gasteiger partial charge in [-0.3, -0.25) is 19.7 Å². The number of hydrogen-bond donors (Lipinski definition) is 2. The molecule has 8 nitrogen and oxygen atoms in total. The lowest BCUT2D eigenvalue weighted by Gasteiger charge is -2.22. The number of carbonyl (C=O) groups is 2. The Balaban J connectivity index is 2.20. The number of methoxy groups -OCH3 is 1. The molecule has 0 heterocycles. The molecule has 2 N–H and O–H groups in total. The van der Waals surface area contributed by atoms with E-state index in [1.165, 1.54) is 19.2 Å². The number of benzene rings is 1. The maximum atomic E-state index is 12.4. The SMILES string of the molecule is COc1ccc(C(=O)N[C@H]2CCCCC[C@H]2C(=O)O)cc1[N+](=O)[O-]. The van der Waals surface area contributed by atoms with Gasteiger partial charge in [-0.2, -0.15) is 0 Å². The highest BCUT2D eigenvalue weighted by molar-refractivity contribution is 5.95. The standard InChI is InChI=1S/C16H20N2O6/c1-24-14-8-7-10(9-13(14)18(22)23)15(19)17-12-6-4-2-3-5-11(12)16(20)21/h7-9,11-12H,2-6H2,1H3,(H,17,19)(H,20,21)/t11-,12+/m1/s1. The van der Waals surface area contributed by atoms with Crippen molar-refractivity contribution in [3.05, 3.63) is 33.9 Å². The Kier molecular flexibility index (Phi) is 5.73. The average molecular weight is 336 g/mol. The summed E-state index contributed by atoms with van der Waals surface area (Å²) in [4.78, 5) is 34.2. The summed E-state index contributed by atoms with van der Waals surface area (Å²) in [6.07, 6.45) is 3.70. The fourth-order valence-corrected chi connectivity index (χ4v) is 3.00. The Labute approximate surface area is 139 Å². The highest BCUT2D eigenvalue weighted by atomic mass is 16.6. The third kappa shape index (κ3) is 4.01. The maximum absolute atomic E-state index is 12.4. The number of nitro groups is 1. The summed E-state index contributed by atoms with van der Waals surface area (Å²) in [7, 11) is 1.31. The van der Waals surface area contributed by atoms with Crippen LogP contribution in [0, 0.1) is 16.0 Å². The molecule has 1 saturated carbocycles. The van der Waals surface area contributed by atoms with Crippen LogP contribution in [-0.4, -0.2) is 35.1 Å². The Hall–Kier alpha value is -2.64. The van der Waals surface area contributed by atoms with Crippen LogP contribution in [-0.2, 0) is 4.79 Å². The van der Waals surface area contributed by atoms with Crippen molar-refractivity contribution < 1.29 is 24.4 Å². The number of carboxylic acid groups (broad SMARTS) is 1. The van der Waals surface area contributed by atoms with Crippen LogP contribution in [0.15, 0.2) is 18.2 Å². The van der Waals surface area contributed by atoms with Crippen LogP contribution in [0.5, 0.6) is 5.75 Å². The van der Waals surface area contributed by atoms with E-state index < -0.39 is 28.8 Å². The van der Waals surface area contributed by atoms with Crippen molar-refractivity contribution in [1.82, 2.24) is 5.32 Å². The zero-order valence-electron chi connectivity index (χ0n) is 13.4. The third-order valence-electron chi connectivity index (χ3n) is 4.29. The van der Waals surface area contributed by atoms with Crippen molar-refractivity contribution in [1.29, 1.82) is 0 Å². The quantitative estimate of drug-likeness (QED) is 0.484. The second-order valence-electron chi connectivity index (χ2n) is 5.81. The number of ether oxygens (including phenoxy) is 1. The van der Waals surface area contributed by atoms with Crippen molar-refractivity contribution in [2.24, 2.45) is 5.92 Å². The lowest BCUT2D eigenvalue weighted by atomic mass is 9.94. The number of carbonyl (C=O) groups excluding carboxylic acids is 1. The molecule has 0 radical (unpaired) electrons. The lowest BCUT2D eigenvalue weighted by molar-refractivity contribution is -0.385. The maximum Gasteiger partial charge on any atom is 0.311 e. The number of hydrogen-bond acceptors (Lipinski definition) is 5. The van der Waals surface area contributed by atoms with E-state index in [4.69, 9.17) is 4.74 Å². The molecule has 130 valence electrons. The summed E-state index contributed by atoms with van der Waals surface area (Å²) in [6.45, 7) is 0. The number of carboxylic acids is 1. The molecule has 1 aromatic carbocycles. The first-order chi connectivity index (χ1) is 11.4. The number of rotatable bonds is 5. The fraction of sp³-hybridized carbons (Fsp3) is 0.500. The molecule has 1 fully saturated rings. The molecule has 2 rings (SSSR count). The van der Waals surface area contributed by atoms with E-state index in [9.17, 15) is 24.8 Å². The monoisotopic (exact) mass is 336 g/mol. The van der Waals surface area contributed by atoms with E-state index >= 15 is 0 Å². The van der Waals surface area contributed by atoms with Gasteiger partial charge in [0.15, 0.2) is 5.75 Å². The van der Waals surface area contributed by atoms with E-state index in [0.717, 1.165) is 25.3 Å². The minimum atomic E-state index is -0.928. The predicted molar refractivity (Wildman–Crippen MR) is 85.1 cm³/mol. The van der Waals surface area contributed by atoms with Gasteiger partial charge in [0, 0.05) is 17.7 Å². The molecule has 0 spiro atoms. The largest absolute Gasteiger partial charge is 0.490 e. The Morgan fingerprint density at radius 1 is 1.29 bits per heavy atom. The third-order valence-corrected chi connectivity index (χ3v) is 4.29. The van der Waals surface area contributed by atoms with E-state index in [-0.39, 0.29) is 17.0 Å². The summed E-state index contributed by atoms with van der Waals surface area (Å²) in [5.41, 5.74) is -0.198. The number of amides is 1. The van der Waals surface area contributed by atoms with Gasteiger partial charge in [0.2, 0.25) is 0 Å². The number of nitro benzene ring substituents is 1. The lowest BCUT2D eigenvalue weighted by Crippen LogP contribution is -2.42. The first kappa shape index (κ1) is 17.7. The molecule has 1 aliphatic rings. The Morgan fingerprint density at radius 3 is 2.62 bits per heavy atom. The van der Waals surface area contributed by atoms with Gasteiger partial charge in [-0.05, 0) is 25.0 Å². The van der Waals surface area contributed by atoms with Gasteiger partial charge < -0.3 is 15.2 Å². The molecule has 2 atom stereocenters. The van der Waals surface area contributed by atoms with Crippen molar-refractivity contribution in [3.8, 4) is 5.75 Å². The van der Waals surface area contributed by atoms with Crippen LogP contribution in [0.4, 0.5) is 5.69 Å². The molecule has 0 bridgehead atoms. The number of aliphatic carboxylic acids is 1. The first-order valence-corrected chi connectivity index (χ1v) is 7.80. The highest BCUT2D eigenvalue weighted by Crippen LogP contribution is 2.28. The van der Waals surface area contributed by atoms with Crippen LogP contribution in [0.25, 0.3) is 0 Å². The molecule has 8 heteroatoms. The summed E-state index contributed by atoms with van der Waals surface area (Å²) < 4.78 is 4.91. The summed E-state index contributed by atoms with van der Waals surface area (Å²) in [6, 6.07) is 3.45. The number of nitrogens with zero attached hydrogens (tertiary/aromatic N) is 1. The van der Waals surface area contributed by atoms with Gasteiger partial charge in [-0.15, -0.1) is 0 Å². The van der Waals surface area contributed by atoms with Gasteiger partial charge >= 0.3 is 11.7 Å². The smallest absolute Gasteiger partial charge is 0.311 e. The topological polar surface area (TPSA) is 119 Å². The molecule has 0 aliphatic heterocycles. The minimum absolute atomic E-state index is 0.0643. The molecule has 24 heavy (non-hydrogen) atoms. The second kappa shape index (κ2) is 7.76. The zero-order chi connectivity index (χ0) is 17.7. The van der Waals surface area contributed by atoms with Gasteiger partial charge in [0.05, 0.1) is 18.0 Å². The van der Waals surface area contributed by atoms with E-state index in [2.05, 4.69) is 5.32 Å².